The third-order valence-electron chi connectivity index (χ3n) is 16.3. The van der Waals surface area contributed by atoms with E-state index in [1.165, 1.54) is 6.08 Å². The van der Waals surface area contributed by atoms with Crippen molar-refractivity contribution >= 4 is 5.97 Å². The Morgan fingerprint density at radius 2 is 1.59 bits per heavy atom. The minimum atomic E-state index is -1.89. The number of hydrogen-bond acceptors (Lipinski definition) is 13. The van der Waals surface area contributed by atoms with Crippen LogP contribution in [0.5, 0.6) is 0 Å². The maximum absolute atomic E-state index is 12.4. The van der Waals surface area contributed by atoms with Crippen LogP contribution in [0, 0.1) is 35.5 Å². The van der Waals surface area contributed by atoms with Gasteiger partial charge in [0.2, 0.25) is 0 Å². The van der Waals surface area contributed by atoms with Crippen LogP contribution in [0.3, 0.4) is 0 Å². The summed E-state index contributed by atoms with van der Waals surface area (Å²) >= 11 is 0. The first-order valence-electron chi connectivity index (χ1n) is 23.7. The third-order valence-corrected chi connectivity index (χ3v) is 16.3. The molecule has 2 bridgehead atoms. The van der Waals surface area contributed by atoms with E-state index in [1.54, 1.807) is 6.08 Å². The second kappa shape index (κ2) is 16.4. The summed E-state index contributed by atoms with van der Waals surface area (Å²) in [5.41, 5.74) is 0.396. The van der Waals surface area contributed by atoms with E-state index in [0.717, 1.165) is 50.6 Å². The number of ether oxygens (including phenoxy) is 8. The lowest BCUT2D eigenvalue weighted by atomic mass is 9.76. The zero-order valence-electron chi connectivity index (χ0n) is 37.2. The molecule has 3 spiro atoms. The van der Waals surface area contributed by atoms with Crippen LogP contribution in [0.25, 0.3) is 0 Å². The maximum atomic E-state index is 12.4. The molecule has 5 N–H and O–H groups in total. The summed E-state index contributed by atoms with van der Waals surface area (Å²) in [4.78, 5) is 11.1. The van der Waals surface area contributed by atoms with Gasteiger partial charge in [-0.25, -0.2) is 0 Å². The van der Waals surface area contributed by atoms with E-state index in [0.29, 0.717) is 56.8 Å². The van der Waals surface area contributed by atoms with Crippen LogP contribution >= 0.6 is 0 Å². The molecule has 344 valence electrons. The molecule has 0 aromatic heterocycles. The number of nitrogens with one attached hydrogen (secondary N) is 1. The van der Waals surface area contributed by atoms with Gasteiger partial charge in [0, 0.05) is 56.8 Å². The molecule has 9 rings (SSSR count). The van der Waals surface area contributed by atoms with Gasteiger partial charge in [-0.05, 0) is 74.3 Å². The first kappa shape index (κ1) is 44.7. The van der Waals surface area contributed by atoms with E-state index in [2.05, 4.69) is 46.5 Å². The zero-order chi connectivity index (χ0) is 43.3. The monoisotopic (exact) mass is 860 g/mol. The molecule has 9 heterocycles. The Kier molecular flexibility index (Phi) is 12.0. The summed E-state index contributed by atoms with van der Waals surface area (Å²) in [5.74, 6) is -4.98. The lowest BCUT2D eigenvalue weighted by Gasteiger charge is -2.53. The van der Waals surface area contributed by atoms with Crippen LogP contribution in [0.2, 0.25) is 0 Å². The lowest BCUT2D eigenvalue weighted by Crippen LogP contribution is -2.62. The molecule has 9 fully saturated rings. The second-order valence-corrected chi connectivity index (χ2v) is 21.4. The Hall–Kier alpha value is -1.53. The minimum absolute atomic E-state index is 0.0301. The molecule has 0 amide bonds. The van der Waals surface area contributed by atoms with E-state index in [1.807, 2.05) is 6.92 Å². The van der Waals surface area contributed by atoms with Crippen molar-refractivity contribution in [1.29, 1.82) is 0 Å². The molecular weight excluding hydrogens is 787 g/mol. The van der Waals surface area contributed by atoms with E-state index in [9.17, 15) is 20.1 Å². The van der Waals surface area contributed by atoms with Gasteiger partial charge >= 0.3 is 5.97 Å². The topological polar surface area (TPSA) is 184 Å². The van der Waals surface area contributed by atoms with Crippen molar-refractivity contribution in [2.24, 2.45) is 35.5 Å². The molecule has 9 aliphatic rings. The summed E-state index contributed by atoms with van der Waals surface area (Å²) in [7, 11) is 0. The normalized spacial score (nSPS) is 53.0. The molecule has 14 nitrogen and oxygen atoms in total. The molecule has 61 heavy (non-hydrogen) atoms. The fourth-order valence-corrected chi connectivity index (χ4v) is 13.3. The Bertz CT molecular complexity index is 1680. The molecule has 14 heteroatoms. The second-order valence-electron chi connectivity index (χ2n) is 21.4. The van der Waals surface area contributed by atoms with Crippen molar-refractivity contribution in [2.45, 2.75) is 221 Å². The molecular formula is C47H73NO13. The molecule has 9 saturated heterocycles. The highest BCUT2D eigenvalue weighted by Gasteiger charge is 2.64. The van der Waals surface area contributed by atoms with E-state index in [-0.39, 0.29) is 66.7 Å². The van der Waals surface area contributed by atoms with Crippen LogP contribution in [-0.2, 0) is 42.7 Å². The zero-order valence-corrected chi connectivity index (χ0v) is 37.2. The van der Waals surface area contributed by atoms with Crippen LogP contribution in [-0.4, -0.2) is 123 Å². The van der Waals surface area contributed by atoms with Gasteiger partial charge < -0.3 is 58.3 Å². The van der Waals surface area contributed by atoms with Crippen molar-refractivity contribution in [3.63, 3.8) is 0 Å². The highest BCUT2D eigenvalue weighted by atomic mass is 16.8. The molecule has 0 radical (unpaired) electrons. The molecule has 0 saturated carbocycles. The van der Waals surface area contributed by atoms with E-state index < -0.39 is 59.3 Å². The summed E-state index contributed by atoms with van der Waals surface area (Å²) in [6, 6.07) is 0. The third kappa shape index (κ3) is 8.24. The average molecular weight is 860 g/mol. The van der Waals surface area contributed by atoms with Crippen molar-refractivity contribution in [1.82, 2.24) is 5.32 Å². The largest absolute Gasteiger partial charge is 0.481 e. The van der Waals surface area contributed by atoms with Crippen LogP contribution < -0.4 is 5.32 Å². The number of aliphatic hydroxyl groups is 3. The summed E-state index contributed by atoms with van der Waals surface area (Å²) < 4.78 is 54.3. The number of fused-ring (bicyclic) bond motifs is 5. The molecule has 21 atom stereocenters. The number of rotatable bonds is 9. The number of aliphatic hydroxyl groups excluding tert-OH is 2. The summed E-state index contributed by atoms with van der Waals surface area (Å²) in [6.07, 6.45) is 7.34. The van der Waals surface area contributed by atoms with Crippen LogP contribution in [0.4, 0.5) is 0 Å². The number of carboxylic acids is 1. The predicted octanol–water partition coefficient (Wildman–Crippen LogP) is 5.45. The lowest BCUT2D eigenvalue weighted by molar-refractivity contribution is -0.377. The van der Waals surface area contributed by atoms with Gasteiger partial charge in [0.05, 0.1) is 55.3 Å². The highest BCUT2D eigenvalue weighted by molar-refractivity contribution is 5.67. The van der Waals surface area contributed by atoms with Crippen molar-refractivity contribution in [2.75, 3.05) is 6.54 Å². The molecule has 21 unspecified atom stereocenters. The molecule has 0 aromatic carbocycles. The van der Waals surface area contributed by atoms with Crippen LogP contribution in [0.15, 0.2) is 24.3 Å². The maximum Gasteiger partial charge on any atom is 0.306 e. The first-order valence-corrected chi connectivity index (χ1v) is 23.7. The fourth-order valence-electron chi connectivity index (χ4n) is 13.3. The van der Waals surface area contributed by atoms with E-state index >= 15 is 0 Å². The van der Waals surface area contributed by atoms with Gasteiger partial charge in [0.1, 0.15) is 17.9 Å². The van der Waals surface area contributed by atoms with Crippen molar-refractivity contribution in [3.05, 3.63) is 24.3 Å². The van der Waals surface area contributed by atoms with Gasteiger partial charge in [-0.3, -0.25) is 10.1 Å². The van der Waals surface area contributed by atoms with Crippen LogP contribution in [0.1, 0.15) is 131 Å². The highest BCUT2D eigenvalue weighted by Crippen LogP contribution is 2.56. The number of carbonyl (C=O) groups is 1. The SMILES string of the molecule is C=C(CC12CC(C)CC(O1)C1OC3(CC1O2)NCCCC3C)C1OC(O)(C(O)C2CC3OC4(CCC5(CC(C)CC(C=CC(O)CC(=O)O)O5)O4)C(C)CC3O2)C(C)CC1C. The first-order chi connectivity index (χ1) is 28.8. The Labute approximate surface area is 361 Å². The summed E-state index contributed by atoms with van der Waals surface area (Å²) in [5, 5.41) is 47.5. The Morgan fingerprint density at radius 3 is 2.36 bits per heavy atom. The molecule has 9 aliphatic heterocycles. The average Bonchev–Trinajstić information content (AvgIpc) is 3.86. The van der Waals surface area contributed by atoms with Crippen molar-refractivity contribution in [3.8, 4) is 0 Å². The molecule has 0 aromatic rings. The Balaban J connectivity index is 0.850. The minimum Gasteiger partial charge on any atom is -0.481 e. The number of hydrogen-bond donors (Lipinski definition) is 5. The smallest absolute Gasteiger partial charge is 0.306 e. The fraction of sp³-hybridized carbons (Fsp3) is 0.894. The van der Waals surface area contributed by atoms with Gasteiger partial charge in [0.15, 0.2) is 23.1 Å². The van der Waals surface area contributed by atoms with E-state index in [4.69, 9.17) is 43.0 Å². The number of aliphatic carboxylic acids is 1. The summed E-state index contributed by atoms with van der Waals surface area (Å²) in [6.45, 7) is 18.3. The Morgan fingerprint density at radius 1 is 0.820 bits per heavy atom. The standard InChI is InChI=1S/C47H73NO13/c1-25-15-33(11-10-32(49)19-39(50)51)55-43(21-25)12-13-46(61-43)30(6)18-34-35(58-46)20-37(54-34)42(52)47(53)31(7)17-27(3)40(60-47)28(4)23-44-22-26(2)16-36(56-44)41-38(57-44)24-45(59-41)29(5)9-8-14-48-45/h10-11,25-27,29-38,40-42,48-49,52-53H,4,8-9,12-24H2,1-3,5-7H3,(H,50,51). The van der Waals surface area contributed by atoms with Gasteiger partial charge in [-0.15, -0.1) is 0 Å². The quantitative estimate of drug-likeness (QED) is 0.185. The number of carboxylic acid groups (broad SMARTS) is 1. The predicted molar refractivity (Wildman–Crippen MR) is 220 cm³/mol. The van der Waals surface area contributed by atoms with Gasteiger partial charge in [0.25, 0.3) is 0 Å². The van der Waals surface area contributed by atoms with Gasteiger partial charge in [-0.1, -0.05) is 60.3 Å². The van der Waals surface area contributed by atoms with Crippen molar-refractivity contribution < 1.29 is 63.1 Å². The van der Waals surface area contributed by atoms with Gasteiger partial charge in [-0.2, -0.15) is 0 Å². The molecule has 0 aliphatic carbocycles. The number of piperidine rings is 1.